The van der Waals surface area contributed by atoms with E-state index in [-0.39, 0.29) is 18.5 Å². The lowest BCUT2D eigenvalue weighted by molar-refractivity contribution is -0.137. The number of halogens is 1. The standard InChI is InChI=1S/C24H27FN4O3S/c1-2-3-13-29(23(32)19-8-4-5-9-20(19)25)24-28-27-22(33-24)18-12-11-16(14-17(18)15-26)7-6-10-21(30)31/h4-5,8-9,11-12,14H,2-3,6-7,10,13,15,26H2,1H3,(H,30,31). The molecule has 2 aromatic carbocycles. The Bertz CT molecular complexity index is 1120. The van der Waals surface area contributed by atoms with Crippen molar-refractivity contribution >= 4 is 28.3 Å². The number of carboxylic acids is 1. The van der Waals surface area contributed by atoms with Crippen molar-refractivity contribution < 1.29 is 19.1 Å². The van der Waals surface area contributed by atoms with E-state index in [1.807, 2.05) is 25.1 Å². The fourth-order valence-corrected chi connectivity index (χ4v) is 4.37. The third-order valence-corrected chi connectivity index (χ3v) is 6.19. The van der Waals surface area contributed by atoms with Crippen LogP contribution in [0, 0.1) is 5.82 Å². The van der Waals surface area contributed by atoms with Crippen molar-refractivity contribution in [1.82, 2.24) is 10.2 Å². The van der Waals surface area contributed by atoms with Crippen LogP contribution in [0.3, 0.4) is 0 Å². The quantitative estimate of drug-likeness (QED) is 0.422. The third kappa shape index (κ3) is 6.21. The molecule has 0 aliphatic rings. The van der Waals surface area contributed by atoms with Gasteiger partial charge in [-0.3, -0.25) is 14.5 Å². The highest BCUT2D eigenvalue weighted by atomic mass is 32.1. The first kappa shape index (κ1) is 24.5. The number of nitrogens with zero attached hydrogens (tertiary/aromatic N) is 3. The van der Waals surface area contributed by atoms with Crippen molar-refractivity contribution in [1.29, 1.82) is 0 Å². The van der Waals surface area contributed by atoms with Gasteiger partial charge in [0.05, 0.1) is 5.56 Å². The number of benzene rings is 2. The van der Waals surface area contributed by atoms with E-state index >= 15 is 0 Å². The summed E-state index contributed by atoms with van der Waals surface area (Å²) in [6.07, 6.45) is 2.92. The van der Waals surface area contributed by atoms with Gasteiger partial charge >= 0.3 is 5.97 Å². The number of carboxylic acid groups (broad SMARTS) is 1. The number of hydrogen-bond acceptors (Lipinski definition) is 6. The Kier molecular flexibility index (Phi) is 8.62. The third-order valence-electron chi connectivity index (χ3n) is 5.21. The van der Waals surface area contributed by atoms with Gasteiger partial charge in [-0.05, 0) is 42.5 Å². The first-order valence-electron chi connectivity index (χ1n) is 10.9. The Balaban J connectivity index is 1.87. The average molecular weight is 471 g/mol. The summed E-state index contributed by atoms with van der Waals surface area (Å²) in [5.74, 6) is -1.83. The summed E-state index contributed by atoms with van der Waals surface area (Å²) in [4.78, 5) is 25.3. The molecule has 0 radical (unpaired) electrons. The number of rotatable bonds is 11. The predicted molar refractivity (Wildman–Crippen MR) is 127 cm³/mol. The zero-order valence-corrected chi connectivity index (χ0v) is 19.3. The Morgan fingerprint density at radius 1 is 1.15 bits per heavy atom. The van der Waals surface area contributed by atoms with Crippen LogP contribution in [0.2, 0.25) is 0 Å². The zero-order chi connectivity index (χ0) is 23.8. The lowest BCUT2D eigenvalue weighted by atomic mass is 10.0. The second-order valence-corrected chi connectivity index (χ2v) is 8.58. The van der Waals surface area contributed by atoms with Crippen molar-refractivity contribution in [3.05, 3.63) is 65.0 Å². The van der Waals surface area contributed by atoms with Gasteiger partial charge in [-0.15, -0.1) is 10.2 Å². The molecule has 0 aliphatic heterocycles. The van der Waals surface area contributed by atoms with Crippen LogP contribution in [0.15, 0.2) is 42.5 Å². The maximum Gasteiger partial charge on any atom is 0.303 e. The fourth-order valence-electron chi connectivity index (χ4n) is 3.44. The topological polar surface area (TPSA) is 109 Å². The molecule has 3 aromatic rings. The summed E-state index contributed by atoms with van der Waals surface area (Å²) >= 11 is 1.26. The Labute approximate surface area is 196 Å². The molecule has 3 rings (SSSR count). The first-order valence-corrected chi connectivity index (χ1v) is 11.7. The SMILES string of the molecule is CCCCN(C(=O)c1ccccc1F)c1nnc(-c2ccc(CCCC(=O)O)cc2CN)s1. The minimum atomic E-state index is -0.815. The molecule has 0 fully saturated rings. The molecule has 1 amide bonds. The molecule has 1 aromatic heterocycles. The summed E-state index contributed by atoms with van der Waals surface area (Å²) in [6, 6.07) is 11.7. The van der Waals surface area contributed by atoms with E-state index in [4.69, 9.17) is 10.8 Å². The summed E-state index contributed by atoms with van der Waals surface area (Å²) < 4.78 is 14.3. The zero-order valence-electron chi connectivity index (χ0n) is 18.5. The molecular weight excluding hydrogens is 443 g/mol. The van der Waals surface area contributed by atoms with Crippen LogP contribution in [-0.4, -0.2) is 33.7 Å². The smallest absolute Gasteiger partial charge is 0.303 e. The molecule has 1 heterocycles. The maximum absolute atomic E-state index is 14.3. The van der Waals surface area contributed by atoms with Gasteiger partial charge in [-0.2, -0.15) is 0 Å². The lowest BCUT2D eigenvalue weighted by Crippen LogP contribution is -2.32. The van der Waals surface area contributed by atoms with Gasteiger partial charge in [-0.1, -0.05) is 55.0 Å². The molecule has 0 spiro atoms. The lowest BCUT2D eigenvalue weighted by Gasteiger charge is -2.19. The number of amides is 1. The predicted octanol–water partition coefficient (Wildman–Crippen LogP) is 4.66. The van der Waals surface area contributed by atoms with Gasteiger partial charge in [0.1, 0.15) is 10.8 Å². The highest BCUT2D eigenvalue weighted by Gasteiger charge is 2.24. The second kappa shape index (κ2) is 11.6. The number of unbranched alkanes of at least 4 members (excludes halogenated alkanes) is 1. The van der Waals surface area contributed by atoms with Crippen LogP contribution >= 0.6 is 11.3 Å². The molecule has 0 bridgehead atoms. The number of nitrogens with two attached hydrogens (primary N) is 1. The van der Waals surface area contributed by atoms with E-state index < -0.39 is 17.7 Å². The van der Waals surface area contributed by atoms with Crippen molar-refractivity contribution in [2.75, 3.05) is 11.4 Å². The molecule has 3 N–H and O–H groups in total. The minimum Gasteiger partial charge on any atom is -0.481 e. The molecule has 0 atom stereocenters. The van der Waals surface area contributed by atoms with Gasteiger partial charge in [0, 0.05) is 25.1 Å². The molecule has 7 nitrogen and oxygen atoms in total. The van der Waals surface area contributed by atoms with Crippen LogP contribution in [0.5, 0.6) is 0 Å². The number of aromatic nitrogens is 2. The van der Waals surface area contributed by atoms with Crippen molar-refractivity contribution in [2.24, 2.45) is 5.73 Å². The molecule has 0 saturated carbocycles. The molecule has 33 heavy (non-hydrogen) atoms. The molecule has 0 saturated heterocycles. The maximum atomic E-state index is 14.3. The monoisotopic (exact) mass is 470 g/mol. The summed E-state index contributed by atoms with van der Waals surface area (Å²) in [6.45, 7) is 2.71. The summed E-state index contributed by atoms with van der Waals surface area (Å²) in [5.41, 5.74) is 8.65. The summed E-state index contributed by atoms with van der Waals surface area (Å²) in [5, 5.41) is 18.4. The van der Waals surface area contributed by atoms with E-state index in [9.17, 15) is 14.0 Å². The van der Waals surface area contributed by atoms with Crippen LogP contribution in [0.25, 0.3) is 10.6 Å². The number of anilines is 1. The highest BCUT2D eigenvalue weighted by Crippen LogP contribution is 2.32. The largest absolute Gasteiger partial charge is 0.481 e. The molecule has 0 aliphatic carbocycles. The minimum absolute atomic E-state index is 0.00119. The van der Waals surface area contributed by atoms with Crippen molar-refractivity contribution in [3.8, 4) is 10.6 Å². The van der Waals surface area contributed by atoms with E-state index in [1.165, 1.54) is 28.4 Å². The first-order chi connectivity index (χ1) is 15.9. The van der Waals surface area contributed by atoms with E-state index in [0.717, 1.165) is 29.5 Å². The van der Waals surface area contributed by atoms with E-state index in [1.54, 1.807) is 12.1 Å². The van der Waals surface area contributed by atoms with Crippen LogP contribution < -0.4 is 10.6 Å². The van der Waals surface area contributed by atoms with E-state index in [2.05, 4.69) is 10.2 Å². The fraction of sp³-hybridized carbons (Fsp3) is 0.333. The molecular formula is C24H27FN4O3S. The van der Waals surface area contributed by atoms with Gasteiger partial charge in [-0.25, -0.2) is 4.39 Å². The molecule has 0 unspecified atom stereocenters. The van der Waals surface area contributed by atoms with E-state index in [0.29, 0.717) is 29.5 Å². The average Bonchev–Trinajstić information content (AvgIpc) is 3.28. The van der Waals surface area contributed by atoms with Gasteiger partial charge in [0.2, 0.25) is 5.13 Å². The number of carbonyl (C=O) groups excluding carboxylic acids is 1. The number of hydrogen-bond donors (Lipinski definition) is 2. The molecule has 174 valence electrons. The van der Waals surface area contributed by atoms with Gasteiger partial charge in [0.15, 0.2) is 0 Å². The van der Waals surface area contributed by atoms with Crippen LogP contribution in [0.1, 0.15) is 54.1 Å². The van der Waals surface area contributed by atoms with Gasteiger partial charge < -0.3 is 10.8 Å². The second-order valence-electron chi connectivity index (χ2n) is 7.62. The molecule has 9 heteroatoms. The van der Waals surface area contributed by atoms with Crippen LogP contribution in [0.4, 0.5) is 9.52 Å². The highest BCUT2D eigenvalue weighted by molar-refractivity contribution is 7.18. The Morgan fingerprint density at radius 2 is 1.94 bits per heavy atom. The van der Waals surface area contributed by atoms with Crippen molar-refractivity contribution in [2.45, 2.75) is 45.6 Å². The summed E-state index contributed by atoms with van der Waals surface area (Å²) in [7, 11) is 0. The van der Waals surface area contributed by atoms with Crippen LogP contribution in [-0.2, 0) is 17.8 Å². The Hall–Kier alpha value is -3.17. The normalized spacial score (nSPS) is 10.9. The van der Waals surface area contributed by atoms with Gasteiger partial charge in [0.25, 0.3) is 5.91 Å². The Morgan fingerprint density at radius 3 is 2.64 bits per heavy atom. The number of aliphatic carboxylic acids is 1. The number of aryl methyl sites for hydroxylation is 1. The number of carbonyl (C=O) groups is 2. The van der Waals surface area contributed by atoms with Crippen molar-refractivity contribution in [3.63, 3.8) is 0 Å².